The van der Waals surface area contributed by atoms with E-state index < -0.39 is 42.6 Å². The van der Waals surface area contributed by atoms with Crippen molar-refractivity contribution in [2.24, 2.45) is 5.16 Å². The van der Waals surface area contributed by atoms with Gasteiger partial charge in [0.25, 0.3) is 5.91 Å². The van der Waals surface area contributed by atoms with Crippen LogP contribution in [0.2, 0.25) is 0 Å². The van der Waals surface area contributed by atoms with Crippen molar-refractivity contribution < 1.29 is 49.1 Å². The first-order valence-corrected chi connectivity index (χ1v) is 10.9. The molecule has 1 amide bonds. The number of aryl methyl sites for hydroxylation is 1. The lowest BCUT2D eigenvalue weighted by molar-refractivity contribution is -0.271. The maximum atomic E-state index is 12.3. The Morgan fingerprint density at radius 2 is 1.81 bits per heavy atom. The zero-order chi connectivity index (χ0) is 26.4. The van der Waals surface area contributed by atoms with Crippen LogP contribution in [0.5, 0.6) is 11.5 Å². The summed E-state index contributed by atoms with van der Waals surface area (Å²) in [6.45, 7) is 1.84. The van der Waals surface area contributed by atoms with Crippen LogP contribution in [0.15, 0.2) is 47.6 Å². The molecule has 3 rings (SSSR count). The summed E-state index contributed by atoms with van der Waals surface area (Å²) in [6, 6.07) is 11.7. The molecule has 2 aromatic rings. The molecule has 1 aliphatic heterocycles. The van der Waals surface area contributed by atoms with Gasteiger partial charge in [-0.3, -0.25) is 4.79 Å². The van der Waals surface area contributed by atoms with Crippen molar-refractivity contribution in [1.29, 1.82) is 0 Å². The SMILES string of the molecule is CNC(=O)/C(=N/OC)c1ccccc1COc1cc(O[C@@H]2O[C@H](C(=O)O)[C@@H](O)[C@H](O)[C@H]2O)ccc1C. The van der Waals surface area contributed by atoms with Crippen LogP contribution >= 0.6 is 0 Å². The molecule has 0 aliphatic carbocycles. The second kappa shape index (κ2) is 11.8. The van der Waals surface area contributed by atoms with Gasteiger partial charge < -0.3 is 44.8 Å². The van der Waals surface area contributed by atoms with Gasteiger partial charge in [0, 0.05) is 18.7 Å². The maximum Gasteiger partial charge on any atom is 0.335 e. The summed E-state index contributed by atoms with van der Waals surface area (Å²) in [5, 5.41) is 45.6. The van der Waals surface area contributed by atoms with Gasteiger partial charge in [-0.05, 0) is 24.1 Å². The maximum absolute atomic E-state index is 12.3. The van der Waals surface area contributed by atoms with Gasteiger partial charge in [-0.1, -0.05) is 35.5 Å². The number of amides is 1. The van der Waals surface area contributed by atoms with Crippen LogP contribution in [0.1, 0.15) is 16.7 Å². The molecular formula is C24H28N2O10. The summed E-state index contributed by atoms with van der Waals surface area (Å²) in [5.41, 5.74) is 1.97. The minimum Gasteiger partial charge on any atom is -0.488 e. The molecule has 36 heavy (non-hydrogen) atoms. The second-order valence-corrected chi connectivity index (χ2v) is 7.93. The lowest BCUT2D eigenvalue weighted by atomic mass is 9.99. The summed E-state index contributed by atoms with van der Waals surface area (Å²) in [6.07, 6.45) is -8.65. The summed E-state index contributed by atoms with van der Waals surface area (Å²) >= 11 is 0. The smallest absolute Gasteiger partial charge is 0.335 e. The lowest BCUT2D eigenvalue weighted by Crippen LogP contribution is -2.61. The summed E-state index contributed by atoms with van der Waals surface area (Å²) in [5.74, 6) is -1.39. The Bertz CT molecular complexity index is 1120. The van der Waals surface area contributed by atoms with Gasteiger partial charge in [-0.2, -0.15) is 0 Å². The monoisotopic (exact) mass is 504 g/mol. The van der Waals surface area contributed by atoms with E-state index >= 15 is 0 Å². The van der Waals surface area contributed by atoms with Crippen LogP contribution < -0.4 is 14.8 Å². The van der Waals surface area contributed by atoms with E-state index in [-0.39, 0.29) is 18.1 Å². The topological polar surface area (TPSA) is 176 Å². The minimum atomic E-state index is -1.82. The predicted molar refractivity (Wildman–Crippen MR) is 125 cm³/mol. The molecule has 0 spiro atoms. The van der Waals surface area contributed by atoms with Crippen molar-refractivity contribution in [2.45, 2.75) is 44.2 Å². The van der Waals surface area contributed by atoms with E-state index in [1.807, 2.05) is 0 Å². The highest BCUT2D eigenvalue weighted by atomic mass is 16.7. The summed E-state index contributed by atoms with van der Waals surface area (Å²) in [4.78, 5) is 28.4. The number of oxime groups is 1. The number of benzene rings is 2. The van der Waals surface area contributed by atoms with Gasteiger partial charge in [0.15, 0.2) is 11.8 Å². The first-order valence-electron chi connectivity index (χ1n) is 10.9. The van der Waals surface area contributed by atoms with E-state index in [1.54, 1.807) is 43.3 Å². The van der Waals surface area contributed by atoms with Crippen molar-refractivity contribution in [3.8, 4) is 11.5 Å². The van der Waals surface area contributed by atoms with Crippen LogP contribution in [0.4, 0.5) is 0 Å². The quantitative estimate of drug-likeness (QED) is 0.230. The average molecular weight is 504 g/mol. The average Bonchev–Trinajstić information content (AvgIpc) is 2.87. The fourth-order valence-electron chi connectivity index (χ4n) is 3.55. The number of carboxylic acids is 1. The fraction of sp³-hybridized carbons (Fsp3) is 0.375. The third-order valence-corrected chi connectivity index (χ3v) is 5.51. The van der Waals surface area contributed by atoms with E-state index in [4.69, 9.17) is 19.0 Å². The number of carboxylic acid groups (broad SMARTS) is 1. The third-order valence-electron chi connectivity index (χ3n) is 5.51. The third kappa shape index (κ3) is 5.91. The number of carbonyl (C=O) groups excluding carboxylic acids is 1. The number of carbonyl (C=O) groups is 2. The first kappa shape index (κ1) is 26.9. The molecule has 12 heteroatoms. The normalized spacial score (nSPS) is 24.1. The lowest BCUT2D eigenvalue weighted by Gasteiger charge is -2.38. The van der Waals surface area contributed by atoms with Crippen molar-refractivity contribution >= 4 is 17.6 Å². The molecular weight excluding hydrogens is 476 g/mol. The number of hydrogen-bond acceptors (Lipinski definition) is 10. The van der Waals surface area contributed by atoms with Crippen molar-refractivity contribution in [1.82, 2.24) is 5.32 Å². The van der Waals surface area contributed by atoms with Crippen molar-refractivity contribution in [3.05, 3.63) is 59.2 Å². The fourth-order valence-corrected chi connectivity index (χ4v) is 3.55. The molecule has 12 nitrogen and oxygen atoms in total. The van der Waals surface area contributed by atoms with E-state index in [0.29, 0.717) is 16.9 Å². The van der Waals surface area contributed by atoms with Crippen LogP contribution in [-0.2, 0) is 25.8 Å². The number of hydrogen-bond donors (Lipinski definition) is 5. The highest BCUT2D eigenvalue weighted by Crippen LogP contribution is 2.29. The molecule has 0 bridgehead atoms. The molecule has 1 saturated heterocycles. The Balaban J connectivity index is 1.79. The molecule has 5 N–H and O–H groups in total. The van der Waals surface area contributed by atoms with Gasteiger partial charge in [0.2, 0.25) is 6.29 Å². The largest absolute Gasteiger partial charge is 0.488 e. The van der Waals surface area contributed by atoms with Gasteiger partial charge in [-0.15, -0.1) is 0 Å². The highest BCUT2D eigenvalue weighted by Gasteiger charge is 2.48. The van der Waals surface area contributed by atoms with E-state index in [2.05, 4.69) is 10.5 Å². The van der Waals surface area contributed by atoms with Gasteiger partial charge in [0.1, 0.15) is 43.5 Å². The van der Waals surface area contributed by atoms with Crippen LogP contribution in [0.25, 0.3) is 0 Å². The first-order chi connectivity index (χ1) is 17.2. The second-order valence-electron chi connectivity index (χ2n) is 7.93. The van der Waals surface area contributed by atoms with E-state index in [9.17, 15) is 30.0 Å². The molecule has 0 saturated carbocycles. The standard InChI is InChI=1S/C24H28N2O10/c1-12-8-9-14(35-24-20(29)18(27)19(28)21(36-24)23(31)32)10-16(12)34-11-13-6-4-5-7-15(13)17(26-33-3)22(30)25-2/h4-10,18-21,24,27-29H,11H2,1-3H3,(H,25,30)(H,31,32)/b26-17+/t18-,19-,20+,21-,24+/m0/s1. The van der Waals surface area contributed by atoms with Crippen molar-refractivity contribution in [3.63, 3.8) is 0 Å². The van der Waals surface area contributed by atoms with Gasteiger partial charge >= 0.3 is 5.97 Å². The molecule has 0 radical (unpaired) electrons. The number of aliphatic hydroxyl groups excluding tert-OH is 3. The zero-order valence-electron chi connectivity index (χ0n) is 19.8. The van der Waals surface area contributed by atoms with E-state index in [1.165, 1.54) is 20.2 Å². The number of rotatable bonds is 9. The Hall–Kier alpha value is -3.71. The molecule has 1 fully saturated rings. The number of likely N-dealkylation sites (N-methyl/N-ethyl adjacent to an activating group) is 1. The van der Waals surface area contributed by atoms with Crippen LogP contribution in [0.3, 0.4) is 0 Å². The van der Waals surface area contributed by atoms with Gasteiger partial charge in [0.05, 0.1) is 0 Å². The highest BCUT2D eigenvalue weighted by molar-refractivity contribution is 6.45. The molecule has 0 aromatic heterocycles. The Kier molecular flexibility index (Phi) is 8.83. The number of aliphatic carboxylic acids is 1. The molecule has 5 atom stereocenters. The van der Waals surface area contributed by atoms with E-state index in [0.717, 1.165) is 5.56 Å². The Morgan fingerprint density at radius 1 is 1.08 bits per heavy atom. The number of aliphatic hydroxyl groups is 3. The van der Waals surface area contributed by atoms with Crippen molar-refractivity contribution in [2.75, 3.05) is 14.2 Å². The Morgan fingerprint density at radius 3 is 2.47 bits per heavy atom. The van der Waals surface area contributed by atoms with Crippen LogP contribution in [-0.4, -0.2) is 82.9 Å². The number of ether oxygens (including phenoxy) is 3. The molecule has 0 unspecified atom stereocenters. The zero-order valence-corrected chi connectivity index (χ0v) is 19.8. The molecule has 2 aromatic carbocycles. The minimum absolute atomic E-state index is 0.0503. The molecule has 194 valence electrons. The molecule has 1 aliphatic rings. The molecule has 1 heterocycles. The Labute approximate surface area is 206 Å². The summed E-state index contributed by atoms with van der Waals surface area (Å²) < 4.78 is 16.7. The van der Waals surface area contributed by atoms with Gasteiger partial charge in [-0.25, -0.2) is 4.79 Å². The summed E-state index contributed by atoms with van der Waals surface area (Å²) in [7, 11) is 2.81. The number of nitrogens with one attached hydrogen (secondary N) is 1. The van der Waals surface area contributed by atoms with Crippen LogP contribution in [0, 0.1) is 6.92 Å². The number of nitrogens with zero attached hydrogens (tertiary/aromatic N) is 1. The predicted octanol–water partition coefficient (Wildman–Crippen LogP) is -0.0585.